The SMILES string of the molecule is CC1(c2ccco2)OC(=O)C=[N+]1[O-]. The molecule has 0 fully saturated rings. The number of hydrogen-bond acceptors (Lipinski definition) is 4. The summed E-state index contributed by atoms with van der Waals surface area (Å²) in [5.41, 5.74) is -1.35. The molecule has 0 saturated carbocycles. The van der Waals surface area contributed by atoms with Gasteiger partial charge in [-0.1, -0.05) is 0 Å². The van der Waals surface area contributed by atoms with Crippen LogP contribution in [0.25, 0.3) is 0 Å². The number of hydrogen-bond donors (Lipinski definition) is 0. The monoisotopic (exact) mass is 181 g/mol. The number of cyclic esters (lactones) is 1. The summed E-state index contributed by atoms with van der Waals surface area (Å²) in [7, 11) is 0. The Kier molecular flexibility index (Phi) is 1.42. The summed E-state index contributed by atoms with van der Waals surface area (Å²) in [5.74, 6) is -0.349. The van der Waals surface area contributed by atoms with E-state index in [0.717, 1.165) is 6.21 Å². The molecule has 1 atom stereocenters. The van der Waals surface area contributed by atoms with E-state index in [-0.39, 0.29) is 0 Å². The fourth-order valence-electron chi connectivity index (χ4n) is 1.19. The first-order valence-electron chi connectivity index (χ1n) is 3.71. The van der Waals surface area contributed by atoms with Crippen molar-refractivity contribution in [3.8, 4) is 0 Å². The van der Waals surface area contributed by atoms with Gasteiger partial charge in [-0.05, 0) is 12.1 Å². The van der Waals surface area contributed by atoms with Crippen molar-refractivity contribution >= 4 is 12.2 Å². The minimum atomic E-state index is -1.35. The number of furan rings is 1. The Balaban J connectivity index is 2.44. The zero-order valence-corrected chi connectivity index (χ0v) is 6.89. The van der Waals surface area contributed by atoms with Gasteiger partial charge in [0.1, 0.15) is 0 Å². The Morgan fingerprint density at radius 3 is 2.85 bits per heavy atom. The van der Waals surface area contributed by atoms with E-state index in [9.17, 15) is 10.0 Å². The number of esters is 1. The van der Waals surface area contributed by atoms with Crippen LogP contribution < -0.4 is 0 Å². The molecule has 0 N–H and O–H groups in total. The third-order valence-electron chi connectivity index (χ3n) is 1.92. The Hall–Kier alpha value is -1.78. The van der Waals surface area contributed by atoms with Crippen LogP contribution in [0, 0.1) is 5.21 Å². The van der Waals surface area contributed by atoms with Gasteiger partial charge in [0.2, 0.25) is 5.76 Å². The highest BCUT2D eigenvalue weighted by molar-refractivity contribution is 6.22. The molecule has 0 spiro atoms. The van der Waals surface area contributed by atoms with Gasteiger partial charge >= 0.3 is 11.7 Å². The second-order valence-electron chi connectivity index (χ2n) is 2.84. The maximum Gasteiger partial charge on any atom is 0.402 e. The van der Waals surface area contributed by atoms with E-state index in [1.807, 2.05) is 0 Å². The van der Waals surface area contributed by atoms with Crippen molar-refractivity contribution in [1.29, 1.82) is 0 Å². The van der Waals surface area contributed by atoms with E-state index < -0.39 is 11.7 Å². The van der Waals surface area contributed by atoms with Gasteiger partial charge < -0.3 is 14.4 Å². The molecular formula is C8H7NO4. The van der Waals surface area contributed by atoms with Crippen molar-refractivity contribution in [2.24, 2.45) is 0 Å². The number of carbonyl (C=O) groups excluding carboxylic acids is 1. The second-order valence-corrected chi connectivity index (χ2v) is 2.84. The second kappa shape index (κ2) is 2.35. The summed E-state index contributed by atoms with van der Waals surface area (Å²) in [6.45, 7) is 1.47. The standard InChI is InChI=1S/C8H7NO4/c1-8(6-3-2-4-12-6)9(11)5-7(10)13-8/h2-5H,1H3. The normalized spacial score (nSPS) is 27.2. The smallest absolute Gasteiger partial charge is 0.402 e. The topological polar surface area (TPSA) is 65.5 Å². The lowest BCUT2D eigenvalue weighted by Crippen LogP contribution is -2.30. The Labute approximate surface area is 73.8 Å². The molecule has 2 heterocycles. The molecule has 0 saturated heterocycles. The molecule has 0 aliphatic carbocycles. The predicted molar refractivity (Wildman–Crippen MR) is 41.8 cm³/mol. The summed E-state index contributed by atoms with van der Waals surface area (Å²) >= 11 is 0. The number of rotatable bonds is 1. The maximum atomic E-state index is 11.3. The van der Waals surface area contributed by atoms with Crippen LogP contribution in [-0.4, -0.2) is 16.9 Å². The van der Waals surface area contributed by atoms with Crippen molar-refractivity contribution in [2.45, 2.75) is 12.6 Å². The zero-order valence-electron chi connectivity index (χ0n) is 6.89. The Bertz CT molecular complexity index is 368. The molecule has 5 heteroatoms. The molecule has 0 aromatic carbocycles. The number of nitrogens with zero attached hydrogens (tertiary/aromatic N) is 1. The van der Waals surface area contributed by atoms with Gasteiger partial charge in [-0.25, -0.2) is 4.79 Å². The third-order valence-corrected chi connectivity index (χ3v) is 1.92. The molecule has 5 nitrogen and oxygen atoms in total. The lowest BCUT2D eigenvalue weighted by atomic mass is 10.2. The highest BCUT2D eigenvalue weighted by atomic mass is 16.6. The van der Waals surface area contributed by atoms with Gasteiger partial charge in [-0.15, -0.1) is 0 Å². The highest BCUT2D eigenvalue weighted by Gasteiger charge is 2.48. The van der Waals surface area contributed by atoms with E-state index >= 15 is 0 Å². The molecule has 68 valence electrons. The minimum Gasteiger partial charge on any atom is -0.620 e. The molecule has 1 aromatic rings. The largest absolute Gasteiger partial charge is 0.620 e. The van der Waals surface area contributed by atoms with Crippen LogP contribution in [0.2, 0.25) is 0 Å². The molecular weight excluding hydrogens is 174 g/mol. The summed E-state index contributed by atoms with van der Waals surface area (Å²) in [5, 5.41) is 11.3. The molecule has 1 aliphatic rings. The molecule has 0 radical (unpaired) electrons. The highest BCUT2D eigenvalue weighted by Crippen LogP contribution is 2.29. The maximum absolute atomic E-state index is 11.3. The van der Waals surface area contributed by atoms with Crippen molar-refractivity contribution in [1.82, 2.24) is 0 Å². The van der Waals surface area contributed by atoms with Gasteiger partial charge in [-0.3, -0.25) is 0 Å². The predicted octanol–water partition coefficient (Wildman–Crippen LogP) is 0.590. The molecule has 0 bridgehead atoms. The van der Waals surface area contributed by atoms with Gasteiger partial charge in [0.05, 0.1) is 13.2 Å². The van der Waals surface area contributed by atoms with Gasteiger partial charge in [0, 0.05) is 0 Å². The van der Waals surface area contributed by atoms with Crippen LogP contribution in [0.3, 0.4) is 0 Å². The van der Waals surface area contributed by atoms with Gasteiger partial charge in [0.15, 0.2) is 0 Å². The van der Waals surface area contributed by atoms with Crippen LogP contribution in [0.15, 0.2) is 22.8 Å². The van der Waals surface area contributed by atoms with Gasteiger partial charge in [-0.2, -0.15) is 4.74 Å². The zero-order chi connectivity index (χ0) is 9.47. The molecule has 1 unspecified atom stereocenters. The fraction of sp³-hybridized carbons (Fsp3) is 0.250. The van der Waals surface area contributed by atoms with E-state index in [4.69, 9.17) is 9.15 Å². The third kappa shape index (κ3) is 1.00. The Morgan fingerprint density at radius 1 is 1.62 bits per heavy atom. The van der Waals surface area contributed by atoms with Gasteiger partial charge in [0.25, 0.3) is 6.21 Å². The molecule has 0 amide bonds. The molecule has 1 aliphatic heterocycles. The average molecular weight is 181 g/mol. The summed E-state index contributed by atoms with van der Waals surface area (Å²) < 4.78 is 10.3. The quantitative estimate of drug-likeness (QED) is 0.361. The van der Waals surface area contributed by atoms with Crippen molar-refractivity contribution in [3.05, 3.63) is 29.4 Å². The van der Waals surface area contributed by atoms with E-state index in [1.165, 1.54) is 13.2 Å². The van der Waals surface area contributed by atoms with Crippen LogP contribution in [0.4, 0.5) is 0 Å². The number of ether oxygens (including phenoxy) is 1. The molecule has 13 heavy (non-hydrogen) atoms. The average Bonchev–Trinajstić information content (AvgIpc) is 2.61. The van der Waals surface area contributed by atoms with Crippen molar-refractivity contribution in [2.75, 3.05) is 0 Å². The first-order chi connectivity index (χ1) is 6.13. The lowest BCUT2D eigenvalue weighted by Gasteiger charge is -2.18. The number of hydroxylamine groups is 1. The lowest BCUT2D eigenvalue weighted by molar-refractivity contribution is -0.596. The van der Waals surface area contributed by atoms with Crippen molar-refractivity contribution in [3.63, 3.8) is 0 Å². The fourth-order valence-corrected chi connectivity index (χ4v) is 1.19. The van der Waals surface area contributed by atoms with Crippen LogP contribution in [0.1, 0.15) is 12.7 Å². The minimum absolute atomic E-state index is 0.310. The summed E-state index contributed by atoms with van der Waals surface area (Å²) in [6, 6.07) is 3.21. The molecule has 2 rings (SSSR count). The van der Waals surface area contributed by atoms with Crippen LogP contribution in [-0.2, 0) is 15.3 Å². The number of carbonyl (C=O) groups is 1. The van der Waals surface area contributed by atoms with E-state index in [0.29, 0.717) is 10.5 Å². The van der Waals surface area contributed by atoms with E-state index in [2.05, 4.69) is 0 Å². The summed E-state index contributed by atoms with van der Waals surface area (Å²) in [6.07, 6.45) is 2.27. The summed E-state index contributed by atoms with van der Waals surface area (Å²) in [4.78, 5) is 10.8. The van der Waals surface area contributed by atoms with E-state index in [1.54, 1.807) is 12.1 Å². The molecule has 1 aromatic heterocycles. The van der Waals surface area contributed by atoms with Crippen molar-refractivity contribution < 1.29 is 18.7 Å². The first-order valence-corrected chi connectivity index (χ1v) is 3.71. The Morgan fingerprint density at radius 2 is 2.38 bits per heavy atom. The first kappa shape index (κ1) is 7.85. The van der Waals surface area contributed by atoms with Crippen LogP contribution in [0.5, 0.6) is 0 Å². The van der Waals surface area contributed by atoms with Crippen LogP contribution >= 0.6 is 0 Å².